The van der Waals surface area contributed by atoms with Crippen LogP contribution in [-0.2, 0) is 0 Å². The lowest BCUT2D eigenvalue weighted by atomic mass is 10.2. The maximum absolute atomic E-state index is 9.07. The van der Waals surface area contributed by atoms with Crippen LogP contribution in [0.15, 0.2) is 0 Å². The molecule has 0 aliphatic carbocycles. The van der Waals surface area contributed by atoms with Gasteiger partial charge in [0.25, 0.3) is 0 Å². The number of nitrogens with zero attached hydrogens (tertiary/aromatic N) is 2. The zero-order valence-corrected chi connectivity index (χ0v) is 14.9. The first-order valence-corrected chi connectivity index (χ1v) is 11.7. The Balaban J connectivity index is 2.56. The van der Waals surface area contributed by atoms with Crippen LogP contribution in [-0.4, -0.2) is 38.4 Å². The summed E-state index contributed by atoms with van der Waals surface area (Å²) in [5.74, 6) is 0.705. The standard InChI is InChI=1S/C16H33N3Si/c1-5-6-7-8-12-20(3,4)16-18-10-9-11-19(16)14-15(2)13-17/h15-16,18H,5-12,14H2,1-4H3. The molecule has 2 unspecified atom stereocenters. The van der Waals surface area contributed by atoms with Crippen LogP contribution in [0.25, 0.3) is 0 Å². The Labute approximate surface area is 126 Å². The molecular formula is C16H33N3Si. The molecule has 0 aromatic carbocycles. The molecule has 0 aromatic rings. The molecule has 0 radical (unpaired) electrons. The third-order valence-electron chi connectivity index (χ3n) is 4.47. The van der Waals surface area contributed by atoms with Crippen LogP contribution in [0.1, 0.15) is 46.0 Å². The van der Waals surface area contributed by atoms with E-state index in [1.165, 1.54) is 38.1 Å². The summed E-state index contributed by atoms with van der Waals surface area (Å²) in [6, 6.07) is 3.79. The van der Waals surface area contributed by atoms with E-state index >= 15 is 0 Å². The molecule has 116 valence electrons. The lowest BCUT2D eigenvalue weighted by Crippen LogP contribution is -2.64. The number of unbranched alkanes of at least 4 members (excludes halogenated alkanes) is 3. The van der Waals surface area contributed by atoms with Gasteiger partial charge in [0.15, 0.2) is 0 Å². The zero-order valence-electron chi connectivity index (χ0n) is 13.9. The van der Waals surface area contributed by atoms with Crippen molar-refractivity contribution >= 4 is 8.07 Å². The molecule has 0 amide bonds. The van der Waals surface area contributed by atoms with Gasteiger partial charge in [-0.1, -0.05) is 51.7 Å². The Morgan fingerprint density at radius 2 is 2.10 bits per heavy atom. The molecule has 0 aromatic heterocycles. The number of hydrogen-bond acceptors (Lipinski definition) is 3. The van der Waals surface area contributed by atoms with Crippen LogP contribution < -0.4 is 5.32 Å². The highest BCUT2D eigenvalue weighted by Gasteiger charge is 2.37. The van der Waals surface area contributed by atoms with Gasteiger partial charge in [0.05, 0.1) is 20.1 Å². The Morgan fingerprint density at radius 3 is 2.75 bits per heavy atom. The molecule has 1 aliphatic rings. The molecule has 1 fully saturated rings. The Kier molecular flexibility index (Phi) is 7.79. The predicted molar refractivity (Wildman–Crippen MR) is 89.2 cm³/mol. The second-order valence-corrected chi connectivity index (χ2v) is 12.1. The fourth-order valence-electron chi connectivity index (χ4n) is 3.28. The molecule has 1 N–H and O–H groups in total. The number of rotatable bonds is 8. The van der Waals surface area contributed by atoms with Crippen molar-refractivity contribution in [1.29, 1.82) is 5.26 Å². The van der Waals surface area contributed by atoms with E-state index in [9.17, 15) is 0 Å². The molecule has 1 aliphatic heterocycles. The van der Waals surface area contributed by atoms with Gasteiger partial charge in [0.2, 0.25) is 0 Å². The lowest BCUT2D eigenvalue weighted by molar-refractivity contribution is 0.166. The smallest absolute Gasteiger partial charge is 0.0848 e. The minimum Gasteiger partial charge on any atom is -0.304 e. The van der Waals surface area contributed by atoms with E-state index in [0.29, 0.717) is 5.79 Å². The van der Waals surface area contributed by atoms with Crippen molar-refractivity contribution < 1.29 is 0 Å². The van der Waals surface area contributed by atoms with E-state index in [-0.39, 0.29) is 5.92 Å². The largest absolute Gasteiger partial charge is 0.304 e. The average molecular weight is 296 g/mol. The molecular weight excluding hydrogens is 262 g/mol. The first kappa shape index (κ1) is 17.7. The van der Waals surface area contributed by atoms with Crippen molar-refractivity contribution in [3.63, 3.8) is 0 Å². The van der Waals surface area contributed by atoms with Gasteiger partial charge in [-0.3, -0.25) is 4.90 Å². The van der Waals surface area contributed by atoms with E-state index in [4.69, 9.17) is 5.26 Å². The fraction of sp³-hybridized carbons (Fsp3) is 0.938. The normalized spacial score (nSPS) is 22.4. The monoisotopic (exact) mass is 295 g/mol. The summed E-state index contributed by atoms with van der Waals surface area (Å²) in [6.45, 7) is 12.6. The predicted octanol–water partition coefficient (Wildman–Crippen LogP) is 3.60. The molecule has 2 atom stereocenters. The SMILES string of the molecule is CCCCCC[Si](C)(C)C1NCCCN1CC(C)C#N. The van der Waals surface area contributed by atoms with Gasteiger partial charge in [0, 0.05) is 18.9 Å². The number of nitriles is 1. The fourth-order valence-corrected chi connectivity index (χ4v) is 6.64. The van der Waals surface area contributed by atoms with Gasteiger partial charge in [-0.25, -0.2) is 0 Å². The van der Waals surface area contributed by atoms with Gasteiger partial charge >= 0.3 is 0 Å². The van der Waals surface area contributed by atoms with Gasteiger partial charge in [-0.05, 0) is 19.9 Å². The van der Waals surface area contributed by atoms with Crippen LogP contribution in [0.3, 0.4) is 0 Å². The van der Waals surface area contributed by atoms with Crippen molar-refractivity contribution in [2.24, 2.45) is 5.92 Å². The van der Waals surface area contributed by atoms with Crippen molar-refractivity contribution in [3.05, 3.63) is 0 Å². The highest BCUT2D eigenvalue weighted by Crippen LogP contribution is 2.24. The van der Waals surface area contributed by atoms with E-state index in [0.717, 1.165) is 19.6 Å². The summed E-state index contributed by atoms with van der Waals surface area (Å²) in [6.07, 6.45) is 6.67. The lowest BCUT2D eigenvalue weighted by Gasteiger charge is -2.45. The van der Waals surface area contributed by atoms with Crippen LogP contribution in [0.2, 0.25) is 19.1 Å². The van der Waals surface area contributed by atoms with Crippen molar-refractivity contribution in [3.8, 4) is 6.07 Å². The number of hydrogen-bond donors (Lipinski definition) is 1. The van der Waals surface area contributed by atoms with Crippen LogP contribution in [0.4, 0.5) is 0 Å². The zero-order chi connectivity index (χ0) is 15.0. The van der Waals surface area contributed by atoms with Crippen LogP contribution in [0.5, 0.6) is 0 Å². The molecule has 0 spiro atoms. The molecule has 1 saturated heterocycles. The average Bonchev–Trinajstić information content (AvgIpc) is 2.44. The Morgan fingerprint density at radius 1 is 1.35 bits per heavy atom. The Bertz CT molecular complexity index is 311. The van der Waals surface area contributed by atoms with E-state index < -0.39 is 8.07 Å². The van der Waals surface area contributed by atoms with Crippen LogP contribution >= 0.6 is 0 Å². The minimum atomic E-state index is -1.29. The molecule has 0 bridgehead atoms. The summed E-state index contributed by atoms with van der Waals surface area (Å²) in [7, 11) is -1.29. The first-order chi connectivity index (χ1) is 9.51. The summed E-state index contributed by atoms with van der Waals surface area (Å²) >= 11 is 0. The Hall–Kier alpha value is -0.373. The van der Waals surface area contributed by atoms with Gasteiger partial charge in [0.1, 0.15) is 0 Å². The summed E-state index contributed by atoms with van der Waals surface area (Å²) in [4.78, 5) is 2.56. The molecule has 1 heterocycles. The van der Waals surface area contributed by atoms with Gasteiger partial charge in [-0.2, -0.15) is 5.26 Å². The second kappa shape index (κ2) is 8.81. The highest BCUT2D eigenvalue weighted by molar-refractivity contribution is 6.78. The highest BCUT2D eigenvalue weighted by atomic mass is 28.3. The maximum Gasteiger partial charge on any atom is 0.0848 e. The van der Waals surface area contributed by atoms with Gasteiger partial charge in [-0.15, -0.1) is 0 Å². The summed E-state index contributed by atoms with van der Waals surface area (Å²) in [5.41, 5.74) is 0. The number of nitrogens with one attached hydrogen (secondary N) is 1. The first-order valence-electron chi connectivity index (χ1n) is 8.38. The minimum absolute atomic E-state index is 0.141. The molecule has 1 rings (SSSR count). The molecule has 4 heteroatoms. The second-order valence-electron chi connectivity index (χ2n) is 7.03. The van der Waals surface area contributed by atoms with Crippen molar-refractivity contribution in [1.82, 2.24) is 10.2 Å². The molecule has 3 nitrogen and oxygen atoms in total. The van der Waals surface area contributed by atoms with E-state index in [1.807, 2.05) is 6.92 Å². The third-order valence-corrected chi connectivity index (χ3v) is 8.16. The van der Waals surface area contributed by atoms with Crippen LogP contribution in [0, 0.1) is 17.2 Å². The third kappa shape index (κ3) is 5.55. The van der Waals surface area contributed by atoms with Crippen molar-refractivity contribution in [2.75, 3.05) is 19.6 Å². The van der Waals surface area contributed by atoms with Crippen molar-refractivity contribution in [2.45, 2.75) is 70.9 Å². The maximum atomic E-state index is 9.07. The molecule has 20 heavy (non-hydrogen) atoms. The van der Waals surface area contributed by atoms with E-state index in [1.54, 1.807) is 0 Å². The quantitative estimate of drug-likeness (QED) is 0.549. The molecule has 0 saturated carbocycles. The topological polar surface area (TPSA) is 39.1 Å². The van der Waals surface area contributed by atoms with E-state index in [2.05, 4.69) is 36.3 Å². The summed E-state index contributed by atoms with van der Waals surface area (Å²) in [5, 5.41) is 12.8. The van der Waals surface area contributed by atoms with Gasteiger partial charge < -0.3 is 5.32 Å². The summed E-state index contributed by atoms with van der Waals surface area (Å²) < 4.78 is 0.